The first-order valence-corrected chi connectivity index (χ1v) is 8.98. The van der Waals surface area contributed by atoms with E-state index in [2.05, 4.69) is 17.9 Å². The van der Waals surface area contributed by atoms with Gasteiger partial charge in [0.05, 0.1) is 6.61 Å². The minimum absolute atomic E-state index is 0.0226. The second-order valence-electron chi connectivity index (χ2n) is 5.60. The Balaban J connectivity index is 1.92. The monoisotopic (exact) mass is 391 g/mol. The number of nitrogens with one attached hydrogen (secondary N) is 1. The molecule has 0 saturated heterocycles. The molecule has 0 fully saturated rings. The van der Waals surface area contributed by atoms with Gasteiger partial charge < -0.3 is 19.2 Å². The molecule has 1 atom stereocenters. The molecule has 0 aliphatic heterocycles. The number of rotatable bonds is 9. The maximum absolute atomic E-state index is 12.2. The molecule has 0 aliphatic carbocycles. The minimum atomic E-state index is -0.856. The Morgan fingerprint density at radius 1 is 1.15 bits per heavy atom. The Labute approximate surface area is 162 Å². The number of Topliss-reactive ketones (excluding diaryl/α,β-unsaturated/α-hetero) is 1. The minimum Gasteiger partial charge on any atom is -0.486 e. The lowest BCUT2D eigenvalue weighted by atomic mass is 10.1. The van der Waals surface area contributed by atoms with Gasteiger partial charge in [0, 0.05) is 11.3 Å². The van der Waals surface area contributed by atoms with E-state index in [0.717, 1.165) is 0 Å². The average Bonchev–Trinajstić information content (AvgIpc) is 3.14. The van der Waals surface area contributed by atoms with Gasteiger partial charge in [-0.3, -0.25) is 9.59 Å². The Hall–Kier alpha value is -2.74. The Morgan fingerprint density at radius 3 is 2.44 bits per heavy atom. The van der Waals surface area contributed by atoms with Crippen LogP contribution in [0.5, 0.6) is 5.75 Å². The van der Waals surface area contributed by atoms with E-state index in [1.54, 1.807) is 37.3 Å². The van der Waals surface area contributed by atoms with Crippen LogP contribution in [0.3, 0.4) is 0 Å². The van der Waals surface area contributed by atoms with Crippen molar-refractivity contribution in [1.29, 1.82) is 0 Å². The summed E-state index contributed by atoms with van der Waals surface area (Å²) in [5.41, 5.74) is 0.597. The highest BCUT2D eigenvalue weighted by atomic mass is 32.1. The number of ketones is 1. The summed E-state index contributed by atoms with van der Waals surface area (Å²) in [4.78, 5) is 35.2. The third-order valence-electron chi connectivity index (χ3n) is 3.59. The van der Waals surface area contributed by atoms with Gasteiger partial charge in [-0.15, -0.1) is 0 Å². The van der Waals surface area contributed by atoms with E-state index in [4.69, 9.17) is 13.9 Å². The molecule has 1 amide bonds. The summed E-state index contributed by atoms with van der Waals surface area (Å²) in [5, 5.41) is 2.52. The van der Waals surface area contributed by atoms with Crippen LogP contribution in [-0.2, 0) is 16.1 Å². The normalized spacial score (nSPS) is 11.5. The van der Waals surface area contributed by atoms with Crippen molar-refractivity contribution in [2.75, 3.05) is 12.4 Å². The van der Waals surface area contributed by atoms with E-state index in [1.165, 1.54) is 13.0 Å². The number of thiol groups is 1. The third-order valence-corrected chi connectivity index (χ3v) is 3.95. The number of esters is 1. The summed E-state index contributed by atoms with van der Waals surface area (Å²) in [6.07, 6.45) is 0. The van der Waals surface area contributed by atoms with Crippen LogP contribution in [0.4, 0.5) is 0 Å². The highest BCUT2D eigenvalue weighted by Crippen LogP contribution is 2.16. The molecule has 2 rings (SSSR count). The van der Waals surface area contributed by atoms with E-state index in [9.17, 15) is 14.4 Å². The van der Waals surface area contributed by atoms with Crippen LogP contribution in [0.2, 0.25) is 0 Å². The van der Waals surface area contributed by atoms with Crippen molar-refractivity contribution in [3.63, 3.8) is 0 Å². The SMILES string of the molecule is CCOC(=O)[C@H](CS)NC(=O)c1ccc(COc2ccc(C(C)=O)cc2)o1. The standard InChI is InChI=1S/C19H21NO6S/c1-3-24-19(23)16(11-27)20-18(22)17-9-8-15(26-17)10-25-14-6-4-13(5-7-14)12(2)21/h4-9,16,27H,3,10-11H2,1-2H3,(H,20,22)/t16-/m0/s1. The van der Waals surface area contributed by atoms with Crippen molar-refractivity contribution in [3.8, 4) is 5.75 Å². The van der Waals surface area contributed by atoms with Gasteiger partial charge in [0.1, 0.15) is 24.2 Å². The molecule has 1 aromatic heterocycles. The fourth-order valence-corrected chi connectivity index (χ4v) is 2.41. The lowest BCUT2D eigenvalue weighted by molar-refractivity contribution is -0.144. The molecular weight excluding hydrogens is 370 g/mol. The molecule has 144 valence electrons. The molecule has 27 heavy (non-hydrogen) atoms. The number of carbonyl (C=O) groups excluding carboxylic acids is 3. The molecule has 7 nitrogen and oxygen atoms in total. The molecule has 0 bridgehead atoms. The van der Waals surface area contributed by atoms with Crippen LogP contribution >= 0.6 is 12.6 Å². The molecule has 1 heterocycles. The first-order chi connectivity index (χ1) is 12.9. The van der Waals surface area contributed by atoms with Crippen LogP contribution in [-0.4, -0.2) is 36.1 Å². The molecule has 0 saturated carbocycles. The summed E-state index contributed by atoms with van der Waals surface area (Å²) in [6, 6.07) is 8.96. The zero-order valence-electron chi connectivity index (χ0n) is 15.1. The Kier molecular flexibility index (Phi) is 7.48. The van der Waals surface area contributed by atoms with E-state index < -0.39 is 17.9 Å². The summed E-state index contributed by atoms with van der Waals surface area (Å²) < 4.78 is 15.9. The molecule has 1 aromatic carbocycles. The number of carbonyl (C=O) groups is 3. The van der Waals surface area contributed by atoms with Gasteiger partial charge in [-0.05, 0) is 50.2 Å². The molecular formula is C19H21NO6S. The third kappa shape index (κ3) is 5.89. The van der Waals surface area contributed by atoms with E-state index in [1.807, 2.05) is 0 Å². The van der Waals surface area contributed by atoms with Crippen LogP contribution < -0.4 is 10.1 Å². The second kappa shape index (κ2) is 9.82. The van der Waals surface area contributed by atoms with Crippen molar-refractivity contribution in [2.24, 2.45) is 0 Å². The smallest absolute Gasteiger partial charge is 0.329 e. The molecule has 1 N–H and O–H groups in total. The van der Waals surface area contributed by atoms with E-state index in [0.29, 0.717) is 17.1 Å². The number of hydrogen-bond acceptors (Lipinski definition) is 7. The molecule has 2 aromatic rings. The first kappa shape index (κ1) is 20.6. The fraction of sp³-hybridized carbons (Fsp3) is 0.316. The van der Waals surface area contributed by atoms with Crippen molar-refractivity contribution in [2.45, 2.75) is 26.5 Å². The van der Waals surface area contributed by atoms with Gasteiger partial charge in [-0.2, -0.15) is 12.6 Å². The molecule has 0 aliphatic rings. The molecule has 8 heteroatoms. The second-order valence-corrected chi connectivity index (χ2v) is 5.96. The number of amides is 1. The summed E-state index contributed by atoms with van der Waals surface area (Å²) in [6.45, 7) is 3.50. The van der Waals surface area contributed by atoms with Crippen LogP contribution in [0.25, 0.3) is 0 Å². The van der Waals surface area contributed by atoms with Crippen molar-refractivity contribution in [1.82, 2.24) is 5.32 Å². The average molecular weight is 391 g/mol. The van der Waals surface area contributed by atoms with Crippen molar-refractivity contribution < 1.29 is 28.3 Å². The highest BCUT2D eigenvalue weighted by Gasteiger charge is 2.22. The molecule has 0 radical (unpaired) electrons. The summed E-state index contributed by atoms with van der Waals surface area (Å²) >= 11 is 4.05. The maximum Gasteiger partial charge on any atom is 0.329 e. The molecule has 0 unspecified atom stereocenters. The molecule has 0 spiro atoms. The van der Waals surface area contributed by atoms with Gasteiger partial charge in [0.25, 0.3) is 5.91 Å². The van der Waals surface area contributed by atoms with Gasteiger partial charge >= 0.3 is 5.97 Å². The number of ether oxygens (including phenoxy) is 2. The number of furan rings is 1. The lowest BCUT2D eigenvalue weighted by Gasteiger charge is -2.13. The predicted octanol–water partition coefficient (Wildman–Crippen LogP) is 2.65. The first-order valence-electron chi connectivity index (χ1n) is 8.35. The van der Waals surface area contributed by atoms with Crippen molar-refractivity contribution in [3.05, 3.63) is 53.5 Å². The maximum atomic E-state index is 12.2. The van der Waals surface area contributed by atoms with E-state index in [-0.39, 0.29) is 30.5 Å². The fourth-order valence-electron chi connectivity index (χ4n) is 2.17. The number of hydrogen-bond donors (Lipinski definition) is 2. The zero-order valence-corrected chi connectivity index (χ0v) is 16.0. The highest BCUT2D eigenvalue weighted by molar-refractivity contribution is 7.80. The summed E-state index contributed by atoms with van der Waals surface area (Å²) in [5.74, 6) is 0.0536. The summed E-state index contributed by atoms with van der Waals surface area (Å²) in [7, 11) is 0. The van der Waals surface area contributed by atoms with Crippen LogP contribution in [0.1, 0.15) is 40.5 Å². The van der Waals surface area contributed by atoms with Gasteiger partial charge in [-0.25, -0.2) is 4.79 Å². The van der Waals surface area contributed by atoms with Crippen LogP contribution in [0.15, 0.2) is 40.8 Å². The Morgan fingerprint density at radius 2 is 1.85 bits per heavy atom. The van der Waals surface area contributed by atoms with Gasteiger partial charge in [0.15, 0.2) is 11.5 Å². The van der Waals surface area contributed by atoms with E-state index >= 15 is 0 Å². The predicted molar refractivity (Wildman–Crippen MR) is 101 cm³/mol. The van der Waals surface area contributed by atoms with Gasteiger partial charge in [-0.1, -0.05) is 0 Å². The number of benzene rings is 1. The quantitative estimate of drug-likeness (QED) is 0.388. The lowest BCUT2D eigenvalue weighted by Crippen LogP contribution is -2.43. The Bertz CT molecular complexity index is 799. The van der Waals surface area contributed by atoms with Crippen LogP contribution in [0, 0.1) is 0 Å². The van der Waals surface area contributed by atoms with Gasteiger partial charge in [0.2, 0.25) is 0 Å². The van der Waals surface area contributed by atoms with Crippen molar-refractivity contribution >= 4 is 30.3 Å². The zero-order chi connectivity index (χ0) is 19.8. The topological polar surface area (TPSA) is 94.8 Å². The largest absolute Gasteiger partial charge is 0.486 e.